The van der Waals surface area contributed by atoms with Crippen molar-refractivity contribution in [1.82, 2.24) is 19.9 Å². The van der Waals surface area contributed by atoms with Gasteiger partial charge in [-0.15, -0.1) is 0 Å². The number of nitrogens with one attached hydrogen (secondary N) is 1. The van der Waals surface area contributed by atoms with E-state index in [9.17, 15) is 4.79 Å². The molecule has 1 aromatic carbocycles. The summed E-state index contributed by atoms with van der Waals surface area (Å²) in [4.78, 5) is 17.7. The van der Waals surface area contributed by atoms with Crippen molar-refractivity contribution in [2.75, 3.05) is 0 Å². The van der Waals surface area contributed by atoms with Crippen LogP contribution in [0.2, 0.25) is 0 Å². The standard InChI is InChI=1S/C23H28N4O/c1-15-9-7-8-12-21(15)26-23(28)20-14-24-27-17(3)19(16(2)25-22(20)27)13-18-10-5-4-6-11-18/h4-6,10-11,14-15,21H,7-9,12-13H2,1-3H3,(H,26,28)/t15-,21-/m0/s1. The van der Waals surface area contributed by atoms with Crippen molar-refractivity contribution in [2.24, 2.45) is 5.92 Å². The van der Waals surface area contributed by atoms with Crippen molar-refractivity contribution in [3.8, 4) is 0 Å². The molecule has 0 unspecified atom stereocenters. The van der Waals surface area contributed by atoms with Crippen molar-refractivity contribution in [3.05, 3.63) is 64.6 Å². The summed E-state index contributed by atoms with van der Waals surface area (Å²) in [6.45, 7) is 6.30. The van der Waals surface area contributed by atoms with Crippen LogP contribution >= 0.6 is 0 Å². The molecule has 5 heteroatoms. The van der Waals surface area contributed by atoms with Gasteiger partial charge >= 0.3 is 0 Å². The SMILES string of the molecule is Cc1nc2c(C(=O)N[C@H]3CCCC[C@@H]3C)cnn2c(C)c1Cc1ccccc1. The topological polar surface area (TPSA) is 59.3 Å². The molecule has 2 heterocycles. The maximum absolute atomic E-state index is 12.9. The highest BCUT2D eigenvalue weighted by atomic mass is 16.1. The third-order valence-corrected chi connectivity index (χ3v) is 6.10. The Balaban J connectivity index is 1.64. The first-order chi connectivity index (χ1) is 13.5. The van der Waals surface area contributed by atoms with Gasteiger partial charge in [0.05, 0.1) is 6.20 Å². The Morgan fingerprint density at radius 2 is 1.93 bits per heavy atom. The van der Waals surface area contributed by atoms with Crippen LogP contribution in [0.15, 0.2) is 36.5 Å². The summed E-state index contributed by atoms with van der Waals surface area (Å²) < 4.78 is 1.81. The predicted molar refractivity (Wildman–Crippen MR) is 111 cm³/mol. The van der Waals surface area contributed by atoms with Gasteiger partial charge in [0, 0.05) is 23.9 Å². The number of carbonyl (C=O) groups is 1. The molecule has 2 atom stereocenters. The zero-order chi connectivity index (χ0) is 19.7. The fourth-order valence-electron chi connectivity index (χ4n) is 4.30. The molecule has 1 N–H and O–H groups in total. The van der Waals surface area contributed by atoms with Crippen LogP contribution in [0.3, 0.4) is 0 Å². The van der Waals surface area contributed by atoms with Gasteiger partial charge in [-0.1, -0.05) is 50.1 Å². The number of aryl methyl sites for hydroxylation is 2. The van der Waals surface area contributed by atoms with Crippen molar-refractivity contribution < 1.29 is 4.79 Å². The molecular weight excluding hydrogens is 348 g/mol. The molecular formula is C23H28N4O. The van der Waals surface area contributed by atoms with Gasteiger partial charge in [-0.3, -0.25) is 4.79 Å². The molecule has 0 aliphatic heterocycles. The van der Waals surface area contributed by atoms with Gasteiger partial charge in [0.1, 0.15) is 5.56 Å². The number of rotatable bonds is 4. The van der Waals surface area contributed by atoms with E-state index in [2.05, 4.69) is 48.5 Å². The second-order valence-corrected chi connectivity index (χ2v) is 8.06. The molecule has 4 rings (SSSR count). The second kappa shape index (κ2) is 7.74. The highest BCUT2D eigenvalue weighted by molar-refractivity contribution is 5.99. The fourth-order valence-corrected chi connectivity index (χ4v) is 4.30. The summed E-state index contributed by atoms with van der Waals surface area (Å²) in [7, 11) is 0. The van der Waals surface area contributed by atoms with Gasteiger partial charge in [-0.05, 0) is 43.7 Å². The van der Waals surface area contributed by atoms with Crippen molar-refractivity contribution in [2.45, 2.75) is 58.9 Å². The molecule has 0 spiro atoms. The average molecular weight is 377 g/mol. The van der Waals surface area contributed by atoms with Crippen molar-refractivity contribution >= 4 is 11.6 Å². The smallest absolute Gasteiger partial charge is 0.256 e. The average Bonchev–Trinajstić information content (AvgIpc) is 3.12. The predicted octanol–water partition coefficient (Wildman–Crippen LogP) is 4.25. The summed E-state index contributed by atoms with van der Waals surface area (Å²) in [5.41, 5.74) is 5.61. The number of amides is 1. The maximum atomic E-state index is 12.9. The van der Waals surface area contributed by atoms with Crippen LogP contribution in [0.1, 0.15) is 65.5 Å². The lowest BCUT2D eigenvalue weighted by Gasteiger charge is -2.29. The number of hydrogen-bond acceptors (Lipinski definition) is 3. The van der Waals surface area contributed by atoms with Gasteiger partial charge in [-0.2, -0.15) is 5.10 Å². The minimum Gasteiger partial charge on any atom is -0.349 e. The molecule has 5 nitrogen and oxygen atoms in total. The van der Waals surface area contributed by atoms with Crippen LogP contribution in [0.5, 0.6) is 0 Å². The molecule has 28 heavy (non-hydrogen) atoms. The minimum absolute atomic E-state index is 0.0594. The Hall–Kier alpha value is -2.69. The Morgan fingerprint density at radius 1 is 1.18 bits per heavy atom. The van der Waals surface area contributed by atoms with Gasteiger partial charge < -0.3 is 5.32 Å². The number of nitrogens with zero attached hydrogens (tertiary/aromatic N) is 3. The Bertz CT molecular complexity index is 993. The van der Waals surface area contributed by atoms with Gasteiger partial charge in [0.15, 0.2) is 5.65 Å². The molecule has 1 aliphatic rings. The van der Waals surface area contributed by atoms with E-state index >= 15 is 0 Å². The highest BCUT2D eigenvalue weighted by Crippen LogP contribution is 2.25. The fraction of sp³-hybridized carbons (Fsp3) is 0.435. The normalized spacial score (nSPS) is 19.7. The first-order valence-corrected chi connectivity index (χ1v) is 10.2. The van der Waals surface area contributed by atoms with Gasteiger partial charge in [0.25, 0.3) is 5.91 Å². The summed E-state index contributed by atoms with van der Waals surface area (Å²) in [5.74, 6) is 0.462. The van der Waals surface area contributed by atoms with Crippen LogP contribution in [-0.2, 0) is 6.42 Å². The Labute approximate surface area is 166 Å². The monoisotopic (exact) mass is 376 g/mol. The molecule has 0 saturated heterocycles. The number of aromatic nitrogens is 3. The van der Waals surface area contributed by atoms with Crippen LogP contribution in [0.4, 0.5) is 0 Å². The largest absolute Gasteiger partial charge is 0.349 e. The van der Waals surface area contributed by atoms with E-state index in [0.717, 1.165) is 29.8 Å². The summed E-state index contributed by atoms with van der Waals surface area (Å²) in [6, 6.07) is 10.6. The van der Waals surface area contributed by atoms with Gasteiger partial charge in [0.2, 0.25) is 0 Å². The van der Waals surface area contributed by atoms with E-state index < -0.39 is 0 Å². The van der Waals surface area contributed by atoms with Crippen molar-refractivity contribution in [1.29, 1.82) is 0 Å². The molecule has 1 amide bonds. The first kappa shape index (κ1) is 18.7. The number of carbonyl (C=O) groups excluding carboxylic acids is 1. The van der Waals surface area contributed by atoms with Crippen LogP contribution < -0.4 is 5.32 Å². The zero-order valence-electron chi connectivity index (χ0n) is 16.9. The lowest BCUT2D eigenvalue weighted by molar-refractivity contribution is 0.0912. The van der Waals surface area contributed by atoms with E-state index in [1.807, 2.05) is 17.5 Å². The lowest BCUT2D eigenvalue weighted by Crippen LogP contribution is -2.41. The second-order valence-electron chi connectivity index (χ2n) is 8.06. The van der Waals surface area contributed by atoms with Crippen LogP contribution in [0.25, 0.3) is 5.65 Å². The number of benzene rings is 1. The molecule has 3 aromatic rings. The quantitative estimate of drug-likeness (QED) is 0.741. The summed E-state index contributed by atoms with van der Waals surface area (Å²) in [5, 5.41) is 7.71. The number of hydrogen-bond donors (Lipinski definition) is 1. The summed E-state index contributed by atoms with van der Waals surface area (Å²) in [6.07, 6.45) is 7.14. The van der Waals surface area contributed by atoms with E-state index in [0.29, 0.717) is 17.1 Å². The summed E-state index contributed by atoms with van der Waals surface area (Å²) >= 11 is 0. The Kier molecular flexibility index (Phi) is 5.16. The van der Waals surface area contributed by atoms with E-state index in [4.69, 9.17) is 4.98 Å². The minimum atomic E-state index is -0.0594. The van der Waals surface area contributed by atoms with Crippen molar-refractivity contribution in [3.63, 3.8) is 0 Å². The zero-order valence-corrected chi connectivity index (χ0v) is 16.9. The number of fused-ring (bicyclic) bond motifs is 1. The molecule has 2 aromatic heterocycles. The first-order valence-electron chi connectivity index (χ1n) is 10.2. The molecule has 0 bridgehead atoms. The van der Waals surface area contributed by atoms with E-state index in [1.54, 1.807) is 6.20 Å². The molecule has 1 aliphatic carbocycles. The highest BCUT2D eigenvalue weighted by Gasteiger charge is 2.25. The van der Waals surface area contributed by atoms with E-state index in [-0.39, 0.29) is 11.9 Å². The van der Waals surface area contributed by atoms with Gasteiger partial charge in [-0.25, -0.2) is 9.50 Å². The maximum Gasteiger partial charge on any atom is 0.256 e. The third-order valence-electron chi connectivity index (χ3n) is 6.10. The lowest BCUT2D eigenvalue weighted by atomic mass is 9.86. The molecule has 0 radical (unpaired) electrons. The van der Waals surface area contributed by atoms with Crippen LogP contribution in [0, 0.1) is 19.8 Å². The molecule has 146 valence electrons. The van der Waals surface area contributed by atoms with Crippen LogP contribution in [-0.4, -0.2) is 26.5 Å². The third kappa shape index (κ3) is 3.53. The van der Waals surface area contributed by atoms with E-state index in [1.165, 1.54) is 24.8 Å². The molecule has 1 saturated carbocycles. The molecule has 1 fully saturated rings. The Morgan fingerprint density at radius 3 is 2.68 bits per heavy atom.